The van der Waals surface area contributed by atoms with E-state index in [1.165, 1.54) is 8.93 Å². The Labute approximate surface area is 104 Å². The molecule has 2 heterocycles. The third-order valence-corrected chi connectivity index (χ3v) is 2.78. The van der Waals surface area contributed by atoms with Crippen molar-refractivity contribution in [3.8, 4) is 16.9 Å². The molecule has 76 valence electrons. The average Bonchev–Trinajstić information content (AvgIpc) is 2.68. The SMILES string of the molecule is COc1ccn2c(C#CSI)cnc2c1. The highest BCUT2D eigenvalue weighted by Gasteiger charge is 2.01. The van der Waals surface area contributed by atoms with Crippen LogP contribution in [0.5, 0.6) is 5.75 Å². The van der Waals surface area contributed by atoms with E-state index in [1.54, 1.807) is 13.3 Å². The summed E-state index contributed by atoms with van der Waals surface area (Å²) in [5.74, 6) is 3.82. The van der Waals surface area contributed by atoms with Gasteiger partial charge in [0.15, 0.2) is 0 Å². The number of aromatic nitrogens is 2. The Kier molecular flexibility index (Phi) is 3.38. The fourth-order valence-corrected chi connectivity index (χ4v) is 1.73. The molecule has 0 saturated carbocycles. The minimum Gasteiger partial charge on any atom is -0.497 e. The molecule has 0 N–H and O–H groups in total. The van der Waals surface area contributed by atoms with Crippen LogP contribution in [0, 0.1) is 11.2 Å². The second kappa shape index (κ2) is 4.77. The molecule has 0 spiro atoms. The fraction of sp³-hybridized carbons (Fsp3) is 0.100. The van der Waals surface area contributed by atoms with Crippen LogP contribution < -0.4 is 4.74 Å². The minimum atomic E-state index is 0.802. The molecule has 0 atom stereocenters. The summed E-state index contributed by atoms with van der Waals surface area (Å²) < 4.78 is 7.05. The fourth-order valence-electron chi connectivity index (χ4n) is 1.25. The van der Waals surface area contributed by atoms with Crippen molar-refractivity contribution in [2.75, 3.05) is 7.11 Å². The lowest BCUT2D eigenvalue weighted by Crippen LogP contribution is -1.89. The lowest BCUT2D eigenvalue weighted by molar-refractivity contribution is 0.414. The van der Waals surface area contributed by atoms with E-state index >= 15 is 0 Å². The number of hydrogen-bond acceptors (Lipinski definition) is 3. The zero-order valence-electron chi connectivity index (χ0n) is 7.90. The molecule has 0 aliphatic heterocycles. The van der Waals surface area contributed by atoms with Gasteiger partial charge in [-0.15, -0.1) is 0 Å². The van der Waals surface area contributed by atoms with Crippen LogP contribution in [0.25, 0.3) is 5.65 Å². The summed E-state index contributed by atoms with van der Waals surface area (Å²) in [6.07, 6.45) is 3.66. The average molecular weight is 330 g/mol. The zero-order chi connectivity index (χ0) is 10.7. The largest absolute Gasteiger partial charge is 0.497 e. The Morgan fingerprint density at radius 1 is 1.60 bits per heavy atom. The van der Waals surface area contributed by atoms with E-state index in [1.807, 2.05) is 22.7 Å². The van der Waals surface area contributed by atoms with Gasteiger partial charge >= 0.3 is 0 Å². The van der Waals surface area contributed by atoms with Gasteiger partial charge in [0.1, 0.15) is 17.1 Å². The molecule has 0 fully saturated rings. The van der Waals surface area contributed by atoms with Gasteiger partial charge in [-0.05, 0) is 26.2 Å². The molecule has 0 aromatic carbocycles. The molecule has 5 heteroatoms. The van der Waals surface area contributed by atoms with E-state index in [4.69, 9.17) is 4.74 Å². The molecule has 15 heavy (non-hydrogen) atoms. The Morgan fingerprint density at radius 2 is 2.47 bits per heavy atom. The number of ether oxygens (including phenoxy) is 1. The Bertz CT molecular complexity index is 541. The molecular formula is C10H7IN2OS. The molecule has 0 unspecified atom stereocenters. The number of imidazole rings is 1. The summed E-state index contributed by atoms with van der Waals surface area (Å²) >= 11 is 2.14. The third-order valence-electron chi connectivity index (χ3n) is 1.94. The molecule has 2 aromatic rings. The Balaban J connectivity index is 2.52. The topological polar surface area (TPSA) is 26.5 Å². The molecule has 0 amide bonds. The molecule has 0 bridgehead atoms. The van der Waals surface area contributed by atoms with Gasteiger partial charge in [0.25, 0.3) is 0 Å². The van der Waals surface area contributed by atoms with E-state index in [-0.39, 0.29) is 0 Å². The standard InChI is InChI=1S/C10H7IN2OS/c1-14-9-2-4-13-8(3-5-15-11)7-12-10(13)6-9/h2,4,6-7H,1H3. The lowest BCUT2D eigenvalue weighted by Gasteiger charge is -1.99. The van der Waals surface area contributed by atoms with Crippen LogP contribution in [-0.4, -0.2) is 16.5 Å². The Hall–Kier alpha value is -0.870. The minimum absolute atomic E-state index is 0.802. The first-order chi connectivity index (χ1) is 7.35. The maximum Gasteiger partial charge on any atom is 0.141 e. The first-order valence-electron chi connectivity index (χ1n) is 4.15. The number of methoxy groups -OCH3 is 1. The van der Waals surface area contributed by atoms with Gasteiger partial charge in [0.2, 0.25) is 0 Å². The normalized spacial score (nSPS) is 9.73. The molecule has 2 rings (SSSR count). The van der Waals surface area contributed by atoms with Crippen molar-refractivity contribution in [1.29, 1.82) is 0 Å². The molecule has 0 radical (unpaired) electrons. The van der Waals surface area contributed by atoms with E-state index in [2.05, 4.69) is 37.4 Å². The molecule has 3 nitrogen and oxygen atoms in total. The van der Waals surface area contributed by atoms with Crippen LogP contribution in [0.15, 0.2) is 24.5 Å². The maximum atomic E-state index is 5.12. The summed E-state index contributed by atoms with van der Waals surface area (Å²) in [5.41, 5.74) is 1.73. The number of fused-ring (bicyclic) bond motifs is 1. The van der Waals surface area contributed by atoms with Crippen LogP contribution >= 0.6 is 30.1 Å². The molecule has 0 aliphatic carbocycles. The van der Waals surface area contributed by atoms with Crippen molar-refractivity contribution in [2.45, 2.75) is 0 Å². The van der Waals surface area contributed by atoms with Gasteiger partial charge in [0, 0.05) is 33.5 Å². The maximum absolute atomic E-state index is 5.12. The van der Waals surface area contributed by atoms with Gasteiger partial charge in [-0.3, -0.25) is 4.40 Å². The highest BCUT2D eigenvalue weighted by atomic mass is 127. The molecule has 0 saturated heterocycles. The summed E-state index contributed by atoms with van der Waals surface area (Å²) in [5, 5.41) is 2.93. The molecule has 0 aliphatic rings. The van der Waals surface area contributed by atoms with Gasteiger partial charge in [-0.1, -0.05) is 0 Å². The molecular weight excluding hydrogens is 323 g/mol. The van der Waals surface area contributed by atoms with Crippen molar-refractivity contribution in [1.82, 2.24) is 9.38 Å². The van der Waals surface area contributed by atoms with E-state index < -0.39 is 0 Å². The van der Waals surface area contributed by atoms with Crippen molar-refractivity contribution in [3.63, 3.8) is 0 Å². The van der Waals surface area contributed by atoms with Crippen LogP contribution in [0.4, 0.5) is 0 Å². The summed E-state index contributed by atoms with van der Waals surface area (Å²) in [7, 11) is 3.10. The monoisotopic (exact) mass is 330 g/mol. The van der Waals surface area contributed by atoms with Crippen molar-refractivity contribution < 1.29 is 4.74 Å². The van der Waals surface area contributed by atoms with Crippen LogP contribution in [0.1, 0.15) is 5.69 Å². The van der Waals surface area contributed by atoms with Crippen molar-refractivity contribution in [3.05, 3.63) is 30.2 Å². The summed E-state index contributed by atoms with van der Waals surface area (Å²) in [4.78, 5) is 4.25. The van der Waals surface area contributed by atoms with Gasteiger partial charge in [-0.2, -0.15) is 0 Å². The van der Waals surface area contributed by atoms with Crippen molar-refractivity contribution in [2.24, 2.45) is 0 Å². The number of nitrogens with zero attached hydrogens (tertiary/aromatic N) is 2. The van der Waals surface area contributed by atoms with Gasteiger partial charge < -0.3 is 4.74 Å². The quantitative estimate of drug-likeness (QED) is 0.594. The predicted octanol–water partition coefficient (Wildman–Crippen LogP) is 2.74. The number of hydrogen-bond donors (Lipinski definition) is 0. The van der Waals surface area contributed by atoms with E-state index in [0.29, 0.717) is 0 Å². The van der Waals surface area contributed by atoms with Gasteiger partial charge in [-0.25, -0.2) is 4.98 Å². The van der Waals surface area contributed by atoms with Crippen molar-refractivity contribution >= 4 is 35.8 Å². The summed E-state index contributed by atoms with van der Waals surface area (Å²) in [6.45, 7) is 0. The number of pyridine rings is 1. The number of halogens is 1. The second-order valence-corrected chi connectivity index (χ2v) is 4.42. The van der Waals surface area contributed by atoms with Crippen LogP contribution in [0.3, 0.4) is 0 Å². The molecule has 2 aromatic heterocycles. The second-order valence-electron chi connectivity index (χ2n) is 2.74. The lowest BCUT2D eigenvalue weighted by atomic mass is 10.4. The zero-order valence-corrected chi connectivity index (χ0v) is 10.9. The Morgan fingerprint density at radius 3 is 3.20 bits per heavy atom. The van der Waals surface area contributed by atoms with E-state index in [0.717, 1.165) is 17.1 Å². The highest BCUT2D eigenvalue weighted by molar-refractivity contribution is 14.2. The first-order valence-corrected chi connectivity index (χ1v) is 7.51. The van der Waals surface area contributed by atoms with Gasteiger partial charge in [0.05, 0.1) is 13.3 Å². The van der Waals surface area contributed by atoms with Crippen LogP contribution in [-0.2, 0) is 0 Å². The number of rotatable bonds is 1. The third kappa shape index (κ3) is 2.21. The summed E-state index contributed by atoms with van der Waals surface area (Å²) in [6, 6.07) is 3.76. The first kappa shape index (κ1) is 10.6. The smallest absolute Gasteiger partial charge is 0.141 e. The van der Waals surface area contributed by atoms with Crippen LogP contribution in [0.2, 0.25) is 0 Å². The predicted molar refractivity (Wildman–Crippen MR) is 70.2 cm³/mol. The highest BCUT2D eigenvalue weighted by Crippen LogP contribution is 2.15. The van der Waals surface area contributed by atoms with E-state index in [9.17, 15) is 0 Å².